The molecule has 0 aliphatic rings. The first kappa shape index (κ1) is 9.42. The highest BCUT2D eigenvalue weighted by molar-refractivity contribution is 7.80. The van der Waals surface area contributed by atoms with E-state index < -0.39 is 0 Å². The van der Waals surface area contributed by atoms with Crippen LogP contribution in [0.15, 0.2) is 30.3 Å². The van der Waals surface area contributed by atoms with Gasteiger partial charge in [-0.25, -0.2) is 0 Å². The second-order valence-electron chi connectivity index (χ2n) is 2.57. The molecule has 0 unspecified atom stereocenters. The average Bonchev–Trinajstić information content (AvgIpc) is 2.16. The van der Waals surface area contributed by atoms with Gasteiger partial charge in [-0.15, -0.1) is 0 Å². The van der Waals surface area contributed by atoms with Crippen LogP contribution in [0.4, 0.5) is 0 Å². The maximum absolute atomic E-state index is 5.62. The standard InChI is InChI=1S/C9H13NOS/c10-8(7-12)6-11-9-4-2-1-3-5-9/h1-5,8,12H,6-7,10H2/t8-/m0/s1. The predicted octanol–water partition coefficient (Wildman–Crippen LogP) is 1.32. The molecule has 0 amide bonds. The Kier molecular flexibility index (Phi) is 3.97. The SMILES string of the molecule is N[C@H](CS)COc1ccccc1. The van der Waals surface area contributed by atoms with Crippen molar-refractivity contribution in [1.29, 1.82) is 0 Å². The van der Waals surface area contributed by atoms with Crippen molar-refractivity contribution < 1.29 is 4.74 Å². The number of benzene rings is 1. The van der Waals surface area contributed by atoms with Gasteiger partial charge in [0.05, 0.1) is 0 Å². The lowest BCUT2D eigenvalue weighted by molar-refractivity contribution is 0.298. The molecule has 0 saturated carbocycles. The van der Waals surface area contributed by atoms with Gasteiger partial charge in [-0.3, -0.25) is 0 Å². The summed E-state index contributed by atoms with van der Waals surface area (Å²) in [5.74, 6) is 1.50. The number of rotatable bonds is 4. The van der Waals surface area contributed by atoms with Crippen LogP contribution in [0.3, 0.4) is 0 Å². The molecule has 0 saturated heterocycles. The Morgan fingerprint density at radius 3 is 2.58 bits per heavy atom. The van der Waals surface area contributed by atoms with Crippen molar-refractivity contribution in [2.24, 2.45) is 5.73 Å². The van der Waals surface area contributed by atoms with E-state index in [1.165, 1.54) is 0 Å². The zero-order chi connectivity index (χ0) is 8.81. The highest BCUT2D eigenvalue weighted by Gasteiger charge is 1.99. The Morgan fingerprint density at radius 2 is 2.00 bits per heavy atom. The van der Waals surface area contributed by atoms with E-state index in [1.807, 2.05) is 30.3 Å². The Bertz CT molecular complexity index is 215. The molecule has 1 aromatic rings. The fraction of sp³-hybridized carbons (Fsp3) is 0.333. The normalized spacial score (nSPS) is 12.5. The molecule has 12 heavy (non-hydrogen) atoms. The van der Waals surface area contributed by atoms with Crippen molar-refractivity contribution in [1.82, 2.24) is 0 Å². The minimum atomic E-state index is 0.00791. The lowest BCUT2D eigenvalue weighted by Crippen LogP contribution is -2.29. The topological polar surface area (TPSA) is 35.2 Å². The van der Waals surface area contributed by atoms with Crippen LogP contribution >= 0.6 is 12.6 Å². The van der Waals surface area contributed by atoms with Gasteiger partial charge in [0.2, 0.25) is 0 Å². The van der Waals surface area contributed by atoms with E-state index in [0.717, 1.165) is 5.75 Å². The number of hydrogen-bond acceptors (Lipinski definition) is 3. The first-order chi connectivity index (χ1) is 5.83. The largest absolute Gasteiger partial charge is 0.492 e. The molecule has 0 aliphatic carbocycles. The van der Waals surface area contributed by atoms with E-state index in [2.05, 4.69) is 12.6 Å². The molecule has 0 aromatic heterocycles. The lowest BCUT2D eigenvalue weighted by Gasteiger charge is -2.09. The Balaban J connectivity index is 2.33. The second kappa shape index (κ2) is 5.06. The van der Waals surface area contributed by atoms with E-state index in [4.69, 9.17) is 10.5 Å². The molecule has 1 aromatic carbocycles. The summed E-state index contributed by atoms with van der Waals surface area (Å²) in [7, 11) is 0. The van der Waals surface area contributed by atoms with Crippen molar-refractivity contribution in [3.63, 3.8) is 0 Å². The monoisotopic (exact) mass is 183 g/mol. The molecular weight excluding hydrogens is 170 g/mol. The Labute approximate surface area is 78.1 Å². The fourth-order valence-corrected chi connectivity index (χ4v) is 0.878. The number of nitrogens with two attached hydrogens (primary N) is 1. The summed E-state index contributed by atoms with van der Waals surface area (Å²) in [5.41, 5.74) is 5.62. The van der Waals surface area contributed by atoms with Gasteiger partial charge in [-0.1, -0.05) is 18.2 Å². The van der Waals surface area contributed by atoms with Crippen molar-refractivity contribution >= 4 is 12.6 Å². The molecule has 2 N–H and O–H groups in total. The van der Waals surface area contributed by atoms with Crippen LogP contribution in [-0.4, -0.2) is 18.4 Å². The molecule has 66 valence electrons. The molecule has 0 spiro atoms. The van der Waals surface area contributed by atoms with Crippen molar-refractivity contribution in [2.45, 2.75) is 6.04 Å². The van der Waals surface area contributed by atoms with Crippen molar-refractivity contribution in [2.75, 3.05) is 12.4 Å². The van der Waals surface area contributed by atoms with Gasteiger partial charge in [0.25, 0.3) is 0 Å². The minimum Gasteiger partial charge on any atom is -0.492 e. The molecule has 0 fully saturated rings. The van der Waals surface area contributed by atoms with Gasteiger partial charge < -0.3 is 10.5 Å². The van der Waals surface area contributed by atoms with Crippen LogP contribution in [-0.2, 0) is 0 Å². The molecular formula is C9H13NOS. The van der Waals surface area contributed by atoms with Gasteiger partial charge in [0, 0.05) is 11.8 Å². The third-order valence-corrected chi connectivity index (χ3v) is 1.91. The van der Waals surface area contributed by atoms with E-state index in [0.29, 0.717) is 12.4 Å². The smallest absolute Gasteiger partial charge is 0.119 e. The molecule has 0 bridgehead atoms. The summed E-state index contributed by atoms with van der Waals surface area (Å²) in [4.78, 5) is 0. The van der Waals surface area contributed by atoms with Crippen LogP contribution in [0.5, 0.6) is 5.75 Å². The number of para-hydroxylation sites is 1. The predicted molar refractivity (Wildman–Crippen MR) is 53.8 cm³/mol. The Morgan fingerprint density at radius 1 is 1.33 bits per heavy atom. The third kappa shape index (κ3) is 3.15. The average molecular weight is 183 g/mol. The molecule has 0 radical (unpaired) electrons. The summed E-state index contributed by atoms with van der Waals surface area (Å²) < 4.78 is 5.38. The zero-order valence-electron chi connectivity index (χ0n) is 6.81. The molecule has 0 heterocycles. The van der Waals surface area contributed by atoms with Gasteiger partial charge in [-0.05, 0) is 12.1 Å². The molecule has 2 nitrogen and oxygen atoms in total. The maximum atomic E-state index is 5.62. The van der Waals surface area contributed by atoms with Crippen LogP contribution in [0, 0.1) is 0 Å². The number of ether oxygens (including phenoxy) is 1. The van der Waals surface area contributed by atoms with Crippen LogP contribution in [0.1, 0.15) is 0 Å². The van der Waals surface area contributed by atoms with Crippen LogP contribution in [0.25, 0.3) is 0 Å². The fourth-order valence-electron chi connectivity index (χ4n) is 0.773. The first-order valence-electron chi connectivity index (χ1n) is 3.87. The third-order valence-electron chi connectivity index (χ3n) is 1.44. The molecule has 1 rings (SSSR count). The molecule has 1 atom stereocenters. The summed E-state index contributed by atoms with van der Waals surface area (Å²) in [6.07, 6.45) is 0. The second-order valence-corrected chi connectivity index (χ2v) is 2.93. The Hall–Kier alpha value is -0.670. The number of hydrogen-bond donors (Lipinski definition) is 2. The van der Waals surface area contributed by atoms with Crippen LogP contribution in [0.2, 0.25) is 0 Å². The van der Waals surface area contributed by atoms with Gasteiger partial charge >= 0.3 is 0 Å². The van der Waals surface area contributed by atoms with Gasteiger partial charge in [0.1, 0.15) is 12.4 Å². The molecule has 3 heteroatoms. The van der Waals surface area contributed by atoms with Crippen LogP contribution < -0.4 is 10.5 Å². The van der Waals surface area contributed by atoms with E-state index in [9.17, 15) is 0 Å². The molecule has 0 aliphatic heterocycles. The summed E-state index contributed by atoms with van der Waals surface area (Å²) in [5, 5.41) is 0. The summed E-state index contributed by atoms with van der Waals surface area (Å²) in [6, 6.07) is 9.64. The summed E-state index contributed by atoms with van der Waals surface area (Å²) in [6.45, 7) is 0.521. The number of thiol groups is 1. The van der Waals surface area contributed by atoms with Crippen molar-refractivity contribution in [3.05, 3.63) is 30.3 Å². The maximum Gasteiger partial charge on any atom is 0.119 e. The highest BCUT2D eigenvalue weighted by atomic mass is 32.1. The van der Waals surface area contributed by atoms with Crippen molar-refractivity contribution in [3.8, 4) is 5.75 Å². The summed E-state index contributed by atoms with van der Waals surface area (Å²) >= 11 is 4.06. The van der Waals surface area contributed by atoms with E-state index >= 15 is 0 Å². The highest BCUT2D eigenvalue weighted by Crippen LogP contribution is 2.08. The lowest BCUT2D eigenvalue weighted by atomic mass is 10.3. The van der Waals surface area contributed by atoms with Gasteiger partial charge in [0.15, 0.2) is 0 Å². The first-order valence-corrected chi connectivity index (χ1v) is 4.50. The quantitative estimate of drug-likeness (QED) is 0.691. The van der Waals surface area contributed by atoms with E-state index in [1.54, 1.807) is 0 Å². The van der Waals surface area contributed by atoms with Gasteiger partial charge in [-0.2, -0.15) is 12.6 Å². The van der Waals surface area contributed by atoms with E-state index in [-0.39, 0.29) is 6.04 Å². The minimum absolute atomic E-state index is 0.00791. The zero-order valence-corrected chi connectivity index (χ0v) is 7.71.